The minimum atomic E-state index is -0.392. The van der Waals surface area contributed by atoms with Crippen molar-refractivity contribution in [2.24, 2.45) is 5.73 Å². The number of halogens is 3. The van der Waals surface area contributed by atoms with Crippen LogP contribution < -0.4 is 11.4 Å². The van der Waals surface area contributed by atoms with Gasteiger partial charge in [0.25, 0.3) is 0 Å². The zero-order chi connectivity index (χ0) is 15.1. The lowest BCUT2D eigenvalue weighted by Gasteiger charge is -2.15. The number of imidazole rings is 1. The van der Waals surface area contributed by atoms with E-state index < -0.39 is 6.04 Å². The average molecular weight is 387 g/mol. The predicted molar refractivity (Wildman–Crippen MR) is 89.1 cm³/mol. The summed E-state index contributed by atoms with van der Waals surface area (Å²) in [7, 11) is 0. The Balaban J connectivity index is 2.11. The van der Waals surface area contributed by atoms with Crippen LogP contribution >= 0.6 is 39.1 Å². The molecule has 0 fully saturated rings. The van der Waals surface area contributed by atoms with Crippen LogP contribution in [0.5, 0.6) is 0 Å². The SMILES string of the molecule is NC(c1ccc(Cl)c(Cl)c1)c1cc2[nH]c(=O)[nH]c2cc1Br. The van der Waals surface area contributed by atoms with Crippen LogP contribution in [-0.2, 0) is 0 Å². The van der Waals surface area contributed by atoms with E-state index in [0.717, 1.165) is 21.1 Å². The first kappa shape index (κ1) is 14.7. The summed E-state index contributed by atoms with van der Waals surface area (Å²) in [5.74, 6) is 0. The predicted octanol–water partition coefficient (Wildman–Crippen LogP) is 3.97. The Hall–Kier alpha value is -1.27. The Labute approximate surface area is 138 Å². The van der Waals surface area contributed by atoms with Gasteiger partial charge in [-0.2, -0.15) is 0 Å². The number of H-pyrrole nitrogens is 2. The molecule has 21 heavy (non-hydrogen) atoms. The Kier molecular flexibility index (Phi) is 3.84. The van der Waals surface area contributed by atoms with Crippen LogP contribution in [-0.4, -0.2) is 9.97 Å². The molecule has 1 unspecified atom stereocenters. The van der Waals surface area contributed by atoms with Gasteiger partial charge in [0.1, 0.15) is 0 Å². The third kappa shape index (κ3) is 2.74. The average Bonchev–Trinajstić information content (AvgIpc) is 2.79. The highest BCUT2D eigenvalue weighted by Crippen LogP contribution is 2.32. The van der Waals surface area contributed by atoms with E-state index in [1.54, 1.807) is 12.1 Å². The Morgan fingerprint density at radius 2 is 1.71 bits per heavy atom. The summed E-state index contributed by atoms with van der Waals surface area (Å²) >= 11 is 15.4. The zero-order valence-corrected chi connectivity index (χ0v) is 13.7. The fourth-order valence-corrected chi connectivity index (χ4v) is 3.09. The van der Waals surface area contributed by atoms with Crippen LogP contribution in [0.4, 0.5) is 0 Å². The summed E-state index contributed by atoms with van der Waals surface area (Å²) in [5, 5.41) is 0.939. The van der Waals surface area contributed by atoms with Gasteiger partial charge in [0.2, 0.25) is 0 Å². The van der Waals surface area contributed by atoms with E-state index in [1.807, 2.05) is 18.2 Å². The van der Waals surface area contributed by atoms with Gasteiger partial charge in [-0.1, -0.05) is 45.2 Å². The molecule has 0 bridgehead atoms. The topological polar surface area (TPSA) is 74.7 Å². The maximum Gasteiger partial charge on any atom is 0.323 e. The standard InChI is InChI=1S/C14H10BrCl2N3O/c15-8-5-12-11(19-14(21)20-12)4-7(8)13(18)6-1-2-9(16)10(17)3-6/h1-5,13H,18H2,(H2,19,20,21). The second-order valence-corrected chi connectivity index (χ2v) is 6.32. The number of aromatic amines is 2. The molecule has 1 atom stereocenters. The number of hydrogen-bond donors (Lipinski definition) is 3. The number of nitrogens with two attached hydrogens (primary N) is 1. The maximum atomic E-state index is 11.3. The first-order chi connectivity index (χ1) is 9.95. The van der Waals surface area contributed by atoms with Crippen molar-refractivity contribution in [2.75, 3.05) is 0 Å². The highest BCUT2D eigenvalue weighted by atomic mass is 79.9. The number of nitrogens with one attached hydrogen (secondary N) is 2. The van der Waals surface area contributed by atoms with E-state index >= 15 is 0 Å². The summed E-state index contributed by atoms with van der Waals surface area (Å²) in [6.45, 7) is 0. The molecule has 0 aliphatic carbocycles. The molecular formula is C14H10BrCl2N3O. The third-order valence-electron chi connectivity index (χ3n) is 3.27. The molecule has 7 heteroatoms. The molecule has 108 valence electrons. The number of hydrogen-bond acceptors (Lipinski definition) is 2. The smallest absolute Gasteiger partial charge is 0.320 e. The van der Waals surface area contributed by atoms with Gasteiger partial charge in [-0.15, -0.1) is 0 Å². The Morgan fingerprint density at radius 1 is 1.05 bits per heavy atom. The van der Waals surface area contributed by atoms with Crippen LogP contribution in [0.15, 0.2) is 39.6 Å². The van der Waals surface area contributed by atoms with Crippen molar-refractivity contribution in [1.29, 1.82) is 0 Å². The number of rotatable bonds is 2. The van der Waals surface area contributed by atoms with E-state index in [9.17, 15) is 4.79 Å². The van der Waals surface area contributed by atoms with Crippen LogP contribution in [0.2, 0.25) is 10.0 Å². The lowest BCUT2D eigenvalue weighted by atomic mass is 9.99. The lowest BCUT2D eigenvalue weighted by Crippen LogP contribution is -2.12. The zero-order valence-electron chi connectivity index (χ0n) is 10.6. The van der Waals surface area contributed by atoms with E-state index in [2.05, 4.69) is 25.9 Å². The van der Waals surface area contributed by atoms with Gasteiger partial charge in [-0.25, -0.2) is 4.79 Å². The number of benzene rings is 2. The molecule has 1 aromatic heterocycles. The molecule has 0 spiro atoms. The van der Waals surface area contributed by atoms with E-state index in [-0.39, 0.29) is 5.69 Å². The van der Waals surface area contributed by atoms with Crippen LogP contribution in [0.3, 0.4) is 0 Å². The fourth-order valence-electron chi connectivity index (χ4n) is 2.20. The maximum absolute atomic E-state index is 11.3. The third-order valence-corrected chi connectivity index (χ3v) is 4.70. The molecule has 0 amide bonds. The Bertz CT molecular complexity index is 888. The molecule has 3 rings (SSSR count). The van der Waals surface area contributed by atoms with Gasteiger partial charge in [-0.05, 0) is 35.4 Å². The van der Waals surface area contributed by atoms with Gasteiger partial charge in [0, 0.05) is 4.47 Å². The summed E-state index contributed by atoms with van der Waals surface area (Å²) in [4.78, 5) is 16.8. The minimum Gasteiger partial charge on any atom is -0.320 e. The molecule has 0 saturated carbocycles. The van der Waals surface area contributed by atoms with E-state index in [1.165, 1.54) is 0 Å². The van der Waals surface area contributed by atoms with Crippen molar-refractivity contribution in [2.45, 2.75) is 6.04 Å². The summed E-state index contributed by atoms with van der Waals surface area (Å²) in [5.41, 5.74) is 9.15. The van der Waals surface area contributed by atoms with Gasteiger partial charge in [0.05, 0.1) is 27.1 Å². The van der Waals surface area contributed by atoms with Crippen molar-refractivity contribution >= 4 is 50.2 Å². The fraction of sp³-hybridized carbons (Fsp3) is 0.0714. The molecule has 1 heterocycles. The van der Waals surface area contributed by atoms with Crippen molar-refractivity contribution in [1.82, 2.24) is 9.97 Å². The molecule has 0 aliphatic rings. The molecular weight excluding hydrogens is 377 g/mol. The van der Waals surface area contributed by atoms with Crippen molar-refractivity contribution in [3.05, 3.63) is 66.5 Å². The van der Waals surface area contributed by atoms with Crippen LogP contribution in [0.25, 0.3) is 11.0 Å². The molecule has 2 aromatic carbocycles. The van der Waals surface area contributed by atoms with E-state index in [4.69, 9.17) is 28.9 Å². The molecule has 4 N–H and O–H groups in total. The van der Waals surface area contributed by atoms with Crippen LogP contribution in [0, 0.1) is 0 Å². The van der Waals surface area contributed by atoms with Crippen LogP contribution in [0.1, 0.15) is 17.2 Å². The minimum absolute atomic E-state index is 0.253. The molecule has 0 saturated heterocycles. The largest absolute Gasteiger partial charge is 0.323 e. The summed E-state index contributed by atoms with van der Waals surface area (Å²) in [6.07, 6.45) is 0. The molecule has 4 nitrogen and oxygen atoms in total. The lowest BCUT2D eigenvalue weighted by molar-refractivity contribution is 0.867. The monoisotopic (exact) mass is 385 g/mol. The van der Waals surface area contributed by atoms with Gasteiger partial charge >= 0.3 is 5.69 Å². The summed E-state index contributed by atoms with van der Waals surface area (Å²) < 4.78 is 0.809. The number of fused-ring (bicyclic) bond motifs is 1. The molecule has 0 aliphatic heterocycles. The van der Waals surface area contributed by atoms with Gasteiger partial charge in [0.15, 0.2) is 0 Å². The second kappa shape index (κ2) is 5.50. The van der Waals surface area contributed by atoms with E-state index in [0.29, 0.717) is 15.6 Å². The van der Waals surface area contributed by atoms with Crippen molar-refractivity contribution < 1.29 is 0 Å². The Morgan fingerprint density at radius 3 is 2.38 bits per heavy atom. The normalized spacial score (nSPS) is 12.8. The highest BCUT2D eigenvalue weighted by molar-refractivity contribution is 9.10. The first-order valence-corrected chi connectivity index (χ1v) is 7.62. The first-order valence-electron chi connectivity index (χ1n) is 6.07. The van der Waals surface area contributed by atoms with Gasteiger partial charge in [-0.3, -0.25) is 0 Å². The molecule has 3 aromatic rings. The van der Waals surface area contributed by atoms with Crippen molar-refractivity contribution in [3.63, 3.8) is 0 Å². The van der Waals surface area contributed by atoms with Gasteiger partial charge < -0.3 is 15.7 Å². The quantitative estimate of drug-likeness (QED) is 0.623. The number of aromatic nitrogens is 2. The van der Waals surface area contributed by atoms with Crippen molar-refractivity contribution in [3.8, 4) is 0 Å². The second-order valence-electron chi connectivity index (χ2n) is 4.65. The highest BCUT2D eigenvalue weighted by Gasteiger charge is 2.15. The molecule has 0 radical (unpaired) electrons. The summed E-state index contributed by atoms with van der Waals surface area (Å²) in [6, 6.07) is 8.55.